The van der Waals surface area contributed by atoms with Gasteiger partial charge in [0.2, 0.25) is 0 Å². The summed E-state index contributed by atoms with van der Waals surface area (Å²) >= 11 is -2.38. The molecule has 60 valence electrons. The molecule has 0 rings (SSSR count). The first-order valence-corrected chi connectivity index (χ1v) is 9.36. The first-order chi connectivity index (χ1) is 4.63. The van der Waals surface area contributed by atoms with E-state index < -0.39 is 18.1 Å². The number of carboxylic acid groups (broad SMARTS) is 1. The van der Waals surface area contributed by atoms with Crippen molar-refractivity contribution in [2.75, 3.05) is 0 Å². The van der Waals surface area contributed by atoms with Crippen molar-refractivity contribution in [3.8, 4) is 0 Å². The van der Waals surface area contributed by atoms with Gasteiger partial charge in [0.25, 0.3) is 0 Å². The first kappa shape index (κ1) is 10.0. The van der Waals surface area contributed by atoms with Crippen molar-refractivity contribution in [1.29, 1.82) is 0 Å². The number of hydrogen-bond donors (Lipinski definition) is 1. The van der Waals surface area contributed by atoms with Crippen LogP contribution in [-0.2, 0) is 0 Å². The van der Waals surface area contributed by atoms with Gasteiger partial charge in [-0.25, -0.2) is 0 Å². The summed E-state index contributed by atoms with van der Waals surface area (Å²) in [6.07, 6.45) is 0. The Kier molecular flexibility index (Phi) is 4.02. The zero-order chi connectivity index (χ0) is 8.20. The van der Waals surface area contributed by atoms with E-state index in [9.17, 15) is 4.79 Å². The third-order valence-corrected chi connectivity index (χ3v) is 12.9. The van der Waals surface area contributed by atoms with E-state index in [2.05, 4.69) is 0 Å². The molecule has 0 aromatic rings. The normalized spacial score (nSPS) is 11.5. The second kappa shape index (κ2) is 4.01. The second-order valence-corrected chi connectivity index (χ2v) is 13.4. The van der Waals surface area contributed by atoms with Crippen LogP contribution in [0.1, 0.15) is 20.8 Å². The monoisotopic (exact) mass is 206 g/mol. The number of rotatable bonds is 4. The Hall–Kier alpha value is 0.0129. The molecule has 0 spiro atoms. The molecule has 0 unspecified atom stereocenters. The van der Waals surface area contributed by atoms with Gasteiger partial charge in [0.05, 0.1) is 0 Å². The predicted octanol–water partition coefficient (Wildman–Crippen LogP) is 2.75. The zero-order valence-corrected chi connectivity index (χ0v) is 9.07. The van der Waals surface area contributed by atoms with Gasteiger partial charge in [0.1, 0.15) is 0 Å². The molecule has 0 atom stereocenters. The zero-order valence-electron chi connectivity index (χ0n) is 6.98. The van der Waals surface area contributed by atoms with Crippen LogP contribution in [0.2, 0.25) is 15.8 Å². The van der Waals surface area contributed by atoms with Crippen LogP contribution in [0.5, 0.6) is 0 Å². The summed E-state index contributed by atoms with van der Waals surface area (Å²) in [5, 5.41) is 11.7. The molecule has 0 aliphatic rings. The molecular weight excluding hydrogens is 189 g/mol. The van der Waals surface area contributed by atoms with E-state index in [1.54, 1.807) is 0 Å². The topological polar surface area (TPSA) is 37.3 Å². The fraction of sp³-hybridized carbons (Fsp3) is 0.857. The number of carbonyl (C=O) groups is 1. The van der Waals surface area contributed by atoms with Gasteiger partial charge in [-0.2, -0.15) is 0 Å². The van der Waals surface area contributed by atoms with Crippen molar-refractivity contribution >= 4 is 18.1 Å². The van der Waals surface area contributed by atoms with Gasteiger partial charge in [0, 0.05) is 0 Å². The van der Waals surface area contributed by atoms with Gasteiger partial charge in [-0.15, -0.1) is 0 Å². The fourth-order valence-corrected chi connectivity index (χ4v) is 6.25. The molecule has 0 saturated carbocycles. The standard InChI is InChI=1S/C7H16GeO2/c1-4-8(5-2,6-3)7(9)10/h4-6H2,1-3H3,(H,9,10). The summed E-state index contributed by atoms with van der Waals surface area (Å²) < 4.78 is 0. The number of hydrogen-bond acceptors (Lipinski definition) is 1. The van der Waals surface area contributed by atoms with Crippen LogP contribution < -0.4 is 0 Å². The van der Waals surface area contributed by atoms with E-state index in [-0.39, 0.29) is 0 Å². The molecule has 0 saturated heterocycles. The molecule has 0 heterocycles. The van der Waals surface area contributed by atoms with Crippen LogP contribution in [-0.4, -0.2) is 23.2 Å². The van der Waals surface area contributed by atoms with Crippen molar-refractivity contribution < 1.29 is 9.90 Å². The molecule has 1 N–H and O–H groups in total. The van der Waals surface area contributed by atoms with Gasteiger partial charge >= 0.3 is 64.5 Å². The minimum atomic E-state index is -2.38. The molecule has 0 aliphatic carbocycles. The van der Waals surface area contributed by atoms with Gasteiger partial charge in [0.15, 0.2) is 0 Å². The summed E-state index contributed by atoms with van der Waals surface area (Å²) in [6.45, 7) is 6.04. The van der Waals surface area contributed by atoms with E-state index in [0.29, 0.717) is 0 Å². The average Bonchev–Trinajstić information content (AvgIpc) is 1.92. The van der Waals surface area contributed by atoms with Gasteiger partial charge in [-0.05, 0) is 0 Å². The summed E-state index contributed by atoms with van der Waals surface area (Å²) in [5.41, 5.74) is 0. The second-order valence-electron chi connectivity index (χ2n) is 2.65. The van der Waals surface area contributed by atoms with Gasteiger partial charge in [-0.1, -0.05) is 0 Å². The Balaban J connectivity index is 4.31. The van der Waals surface area contributed by atoms with Crippen LogP contribution >= 0.6 is 0 Å². The fourth-order valence-electron chi connectivity index (χ4n) is 1.20. The van der Waals surface area contributed by atoms with Crippen molar-refractivity contribution in [2.45, 2.75) is 36.5 Å². The van der Waals surface area contributed by atoms with Crippen molar-refractivity contribution in [3.05, 3.63) is 0 Å². The molecule has 10 heavy (non-hydrogen) atoms. The van der Waals surface area contributed by atoms with E-state index >= 15 is 0 Å². The molecule has 0 aromatic heterocycles. The molecule has 0 aromatic carbocycles. The third-order valence-electron chi connectivity index (χ3n) is 2.48. The SMILES string of the molecule is C[CH2][Ge]([CH2]C)([CH2]C)[C](=O)O. The molecule has 2 nitrogen and oxygen atoms in total. The third kappa shape index (κ3) is 1.75. The van der Waals surface area contributed by atoms with Crippen LogP contribution in [0.3, 0.4) is 0 Å². The van der Waals surface area contributed by atoms with Crippen molar-refractivity contribution in [1.82, 2.24) is 0 Å². The molecule has 0 aliphatic heterocycles. The molecule has 0 fully saturated rings. The summed E-state index contributed by atoms with van der Waals surface area (Å²) in [5.74, 6) is 0. The molecular formula is C7H16GeO2. The van der Waals surface area contributed by atoms with Crippen LogP contribution in [0, 0.1) is 0 Å². The Labute approximate surface area is 65.0 Å². The Bertz CT molecular complexity index is 111. The van der Waals surface area contributed by atoms with E-state index in [4.69, 9.17) is 5.11 Å². The molecule has 0 radical (unpaired) electrons. The Morgan fingerprint density at radius 1 is 1.20 bits per heavy atom. The van der Waals surface area contributed by atoms with Crippen LogP contribution in [0.15, 0.2) is 0 Å². The summed E-state index contributed by atoms with van der Waals surface area (Å²) in [7, 11) is 0. The quantitative estimate of drug-likeness (QED) is 0.716. The summed E-state index contributed by atoms with van der Waals surface area (Å²) in [6, 6.07) is 0. The Morgan fingerprint density at radius 3 is 1.50 bits per heavy atom. The van der Waals surface area contributed by atoms with Crippen molar-refractivity contribution in [3.63, 3.8) is 0 Å². The Morgan fingerprint density at radius 2 is 1.50 bits per heavy atom. The maximum atomic E-state index is 10.8. The summed E-state index contributed by atoms with van der Waals surface area (Å²) in [4.78, 5) is 10.3. The molecule has 3 heteroatoms. The van der Waals surface area contributed by atoms with E-state index in [1.807, 2.05) is 20.8 Å². The van der Waals surface area contributed by atoms with Crippen LogP contribution in [0.25, 0.3) is 0 Å². The van der Waals surface area contributed by atoms with E-state index in [1.165, 1.54) is 0 Å². The molecule has 0 amide bonds. The van der Waals surface area contributed by atoms with E-state index in [0.717, 1.165) is 15.8 Å². The minimum absolute atomic E-state index is 0.465. The van der Waals surface area contributed by atoms with Crippen LogP contribution in [0.4, 0.5) is 4.79 Å². The first-order valence-electron chi connectivity index (χ1n) is 3.86. The maximum absolute atomic E-state index is 10.8. The average molecular weight is 205 g/mol. The van der Waals surface area contributed by atoms with Gasteiger partial charge in [-0.3, -0.25) is 0 Å². The van der Waals surface area contributed by atoms with Crippen molar-refractivity contribution in [2.24, 2.45) is 0 Å². The predicted molar refractivity (Wildman–Crippen MR) is 45.2 cm³/mol. The molecule has 0 bridgehead atoms. The van der Waals surface area contributed by atoms with Gasteiger partial charge < -0.3 is 0 Å².